The molecule has 0 aromatic carbocycles. The van der Waals surface area contributed by atoms with Crippen molar-refractivity contribution < 1.29 is 0 Å². The van der Waals surface area contributed by atoms with Crippen LogP contribution in [0.4, 0.5) is 0 Å². The van der Waals surface area contributed by atoms with E-state index in [1.165, 1.54) is 0 Å². The van der Waals surface area contributed by atoms with Crippen LogP contribution in [0.5, 0.6) is 0 Å². The fraction of sp³-hybridized carbons (Fsp3) is 0.333. The van der Waals surface area contributed by atoms with Crippen molar-refractivity contribution in [1.82, 2.24) is 9.97 Å². The van der Waals surface area contributed by atoms with Gasteiger partial charge >= 0.3 is 0 Å². The van der Waals surface area contributed by atoms with Gasteiger partial charge in [0.15, 0.2) is 5.16 Å². The van der Waals surface area contributed by atoms with Crippen LogP contribution in [0.15, 0.2) is 29.7 Å². The number of hydrogen-bond donors (Lipinski definition) is 1. The van der Waals surface area contributed by atoms with Crippen LogP contribution >= 0.6 is 24.4 Å². The van der Waals surface area contributed by atoms with Crippen molar-refractivity contribution >= 4 is 24.4 Å². The summed E-state index contributed by atoms with van der Waals surface area (Å²) in [4.78, 5) is 8.34. The van der Waals surface area contributed by atoms with Gasteiger partial charge in [0.2, 0.25) is 0 Å². The first-order chi connectivity index (χ1) is 6.22. The SMILES string of the molecule is C=C(CS)CSc1ncc(C)cn1. The molecule has 2 nitrogen and oxygen atoms in total. The summed E-state index contributed by atoms with van der Waals surface area (Å²) in [7, 11) is 0. The van der Waals surface area contributed by atoms with Crippen LogP contribution in [-0.4, -0.2) is 21.5 Å². The quantitative estimate of drug-likeness (QED) is 0.359. The molecule has 0 unspecified atom stereocenters. The van der Waals surface area contributed by atoms with Gasteiger partial charge in [0.25, 0.3) is 0 Å². The number of thioether (sulfide) groups is 1. The van der Waals surface area contributed by atoms with Crippen molar-refractivity contribution in [3.63, 3.8) is 0 Å². The Kier molecular flexibility index (Phi) is 4.32. The van der Waals surface area contributed by atoms with Gasteiger partial charge in [-0.1, -0.05) is 23.9 Å². The van der Waals surface area contributed by atoms with Crippen LogP contribution in [0.25, 0.3) is 0 Å². The largest absolute Gasteiger partial charge is 0.231 e. The van der Waals surface area contributed by atoms with Crippen LogP contribution < -0.4 is 0 Å². The Morgan fingerprint density at radius 3 is 2.69 bits per heavy atom. The van der Waals surface area contributed by atoms with E-state index in [4.69, 9.17) is 0 Å². The predicted molar refractivity (Wildman–Crippen MR) is 60.5 cm³/mol. The number of rotatable bonds is 4. The summed E-state index contributed by atoms with van der Waals surface area (Å²) >= 11 is 5.72. The van der Waals surface area contributed by atoms with E-state index in [2.05, 4.69) is 29.2 Å². The van der Waals surface area contributed by atoms with Gasteiger partial charge in [-0.3, -0.25) is 0 Å². The van der Waals surface area contributed by atoms with Crippen LogP contribution in [-0.2, 0) is 0 Å². The van der Waals surface area contributed by atoms with Gasteiger partial charge in [-0.05, 0) is 12.5 Å². The number of aryl methyl sites for hydroxylation is 1. The Labute approximate surface area is 88.3 Å². The zero-order valence-corrected chi connectivity index (χ0v) is 9.24. The molecule has 13 heavy (non-hydrogen) atoms. The molecule has 0 aliphatic heterocycles. The monoisotopic (exact) mass is 212 g/mol. The fourth-order valence-corrected chi connectivity index (χ4v) is 1.62. The predicted octanol–water partition coefficient (Wildman–Crippen LogP) is 2.36. The minimum absolute atomic E-state index is 0.721. The molecular weight excluding hydrogens is 200 g/mol. The molecule has 0 amide bonds. The molecule has 0 aliphatic rings. The Balaban J connectivity index is 2.46. The fourth-order valence-electron chi connectivity index (χ4n) is 0.668. The Morgan fingerprint density at radius 1 is 1.54 bits per heavy atom. The molecule has 4 heteroatoms. The average Bonchev–Trinajstić information content (AvgIpc) is 2.16. The van der Waals surface area contributed by atoms with E-state index in [0.717, 1.165) is 27.8 Å². The summed E-state index contributed by atoms with van der Waals surface area (Å²) in [5.74, 6) is 1.56. The maximum atomic E-state index is 4.17. The molecule has 0 saturated heterocycles. The molecule has 1 aromatic rings. The van der Waals surface area contributed by atoms with E-state index in [1.54, 1.807) is 11.8 Å². The highest BCUT2D eigenvalue weighted by atomic mass is 32.2. The molecule has 0 radical (unpaired) electrons. The maximum absolute atomic E-state index is 4.17. The van der Waals surface area contributed by atoms with Gasteiger partial charge in [-0.25, -0.2) is 9.97 Å². The zero-order chi connectivity index (χ0) is 9.68. The standard InChI is InChI=1S/C9H12N2S2/c1-7-3-10-9(11-4-7)13-6-8(2)5-12/h3-4,12H,2,5-6H2,1H3. The average molecular weight is 212 g/mol. The summed E-state index contributed by atoms with van der Waals surface area (Å²) in [6.07, 6.45) is 3.64. The minimum Gasteiger partial charge on any atom is -0.231 e. The molecule has 1 heterocycles. The highest BCUT2D eigenvalue weighted by Gasteiger charge is 1.97. The van der Waals surface area contributed by atoms with E-state index >= 15 is 0 Å². The third-order valence-electron chi connectivity index (χ3n) is 1.39. The molecule has 1 aromatic heterocycles. The van der Waals surface area contributed by atoms with Gasteiger partial charge in [0, 0.05) is 23.9 Å². The van der Waals surface area contributed by atoms with E-state index in [9.17, 15) is 0 Å². The lowest BCUT2D eigenvalue weighted by atomic mass is 10.4. The Hall–Kier alpha value is -0.480. The molecule has 1 rings (SSSR count). The molecular formula is C9H12N2S2. The second-order valence-electron chi connectivity index (χ2n) is 2.74. The van der Waals surface area contributed by atoms with Crippen LogP contribution in [0.3, 0.4) is 0 Å². The minimum atomic E-state index is 0.721. The van der Waals surface area contributed by atoms with Gasteiger partial charge in [-0.15, -0.1) is 0 Å². The molecule has 0 aliphatic carbocycles. The first-order valence-corrected chi connectivity index (χ1v) is 5.53. The lowest BCUT2D eigenvalue weighted by Gasteiger charge is -2.00. The Bertz CT molecular complexity index is 282. The van der Waals surface area contributed by atoms with Crippen LogP contribution in [0.1, 0.15) is 5.56 Å². The molecule has 0 spiro atoms. The van der Waals surface area contributed by atoms with Crippen molar-refractivity contribution in [3.05, 3.63) is 30.1 Å². The van der Waals surface area contributed by atoms with Crippen molar-refractivity contribution in [3.8, 4) is 0 Å². The van der Waals surface area contributed by atoms with Gasteiger partial charge in [0.1, 0.15) is 0 Å². The van der Waals surface area contributed by atoms with E-state index < -0.39 is 0 Å². The molecule has 0 atom stereocenters. The highest BCUT2D eigenvalue weighted by Crippen LogP contribution is 2.15. The van der Waals surface area contributed by atoms with Gasteiger partial charge in [-0.2, -0.15) is 12.6 Å². The molecule has 0 saturated carbocycles. The summed E-state index contributed by atoms with van der Waals surface area (Å²) in [5.41, 5.74) is 2.18. The van der Waals surface area contributed by atoms with Crippen molar-refractivity contribution in [2.75, 3.05) is 11.5 Å². The Morgan fingerprint density at radius 2 is 2.15 bits per heavy atom. The highest BCUT2D eigenvalue weighted by molar-refractivity contribution is 7.99. The first-order valence-electron chi connectivity index (χ1n) is 3.91. The van der Waals surface area contributed by atoms with Crippen molar-refractivity contribution in [1.29, 1.82) is 0 Å². The maximum Gasteiger partial charge on any atom is 0.187 e. The molecule has 0 N–H and O–H groups in total. The van der Waals surface area contributed by atoms with Crippen molar-refractivity contribution in [2.45, 2.75) is 12.1 Å². The van der Waals surface area contributed by atoms with Crippen molar-refractivity contribution in [2.24, 2.45) is 0 Å². The molecule has 70 valence electrons. The first kappa shape index (κ1) is 10.6. The van der Waals surface area contributed by atoms with Gasteiger partial charge < -0.3 is 0 Å². The lowest BCUT2D eigenvalue weighted by Crippen LogP contribution is -1.91. The molecule has 0 bridgehead atoms. The smallest absolute Gasteiger partial charge is 0.187 e. The number of aromatic nitrogens is 2. The van der Waals surface area contributed by atoms with Gasteiger partial charge in [0.05, 0.1) is 0 Å². The second-order valence-corrected chi connectivity index (χ2v) is 4.00. The van der Waals surface area contributed by atoms with E-state index in [1.807, 2.05) is 19.3 Å². The summed E-state index contributed by atoms with van der Waals surface area (Å²) < 4.78 is 0. The van der Waals surface area contributed by atoms with E-state index in [-0.39, 0.29) is 0 Å². The normalized spacial score (nSPS) is 10.0. The number of thiol groups is 1. The lowest BCUT2D eigenvalue weighted by molar-refractivity contribution is 0.951. The third kappa shape index (κ3) is 3.83. The number of nitrogens with zero attached hydrogens (tertiary/aromatic N) is 2. The summed E-state index contributed by atoms with van der Waals surface area (Å²) in [6.45, 7) is 5.83. The third-order valence-corrected chi connectivity index (χ3v) is 2.86. The summed E-state index contributed by atoms with van der Waals surface area (Å²) in [6, 6.07) is 0. The summed E-state index contributed by atoms with van der Waals surface area (Å²) in [5, 5.41) is 0.800. The number of hydrogen-bond acceptors (Lipinski definition) is 4. The zero-order valence-electron chi connectivity index (χ0n) is 7.53. The molecule has 0 fully saturated rings. The van der Waals surface area contributed by atoms with E-state index in [0.29, 0.717) is 0 Å². The van der Waals surface area contributed by atoms with Crippen LogP contribution in [0, 0.1) is 6.92 Å². The van der Waals surface area contributed by atoms with Crippen LogP contribution in [0.2, 0.25) is 0 Å². The second kappa shape index (κ2) is 5.29. The topological polar surface area (TPSA) is 25.8 Å².